The molecule has 0 spiro atoms. The van der Waals surface area contributed by atoms with Crippen LogP contribution >= 0.6 is 11.3 Å². The van der Waals surface area contributed by atoms with Gasteiger partial charge in [0.25, 0.3) is 14.4 Å². The lowest BCUT2D eigenvalue weighted by molar-refractivity contribution is -0.114. The molecule has 24 heavy (non-hydrogen) atoms. The number of para-hydroxylation sites is 1. The first-order chi connectivity index (χ1) is 11.3. The molecule has 9 nitrogen and oxygen atoms in total. The fourth-order valence-electron chi connectivity index (χ4n) is 1.67. The van der Waals surface area contributed by atoms with Crippen LogP contribution in [0.1, 0.15) is 24.2 Å². The predicted molar refractivity (Wildman–Crippen MR) is 87.4 cm³/mol. The first kappa shape index (κ1) is 17.8. The predicted octanol–water partition coefficient (Wildman–Crippen LogP) is 1.47. The topological polar surface area (TPSA) is 127 Å². The third kappa shape index (κ3) is 4.26. The Morgan fingerprint density at radius 3 is 2.62 bits per heavy atom. The van der Waals surface area contributed by atoms with Crippen molar-refractivity contribution < 1.29 is 22.7 Å². The second-order valence-corrected chi connectivity index (χ2v) is 7.26. The van der Waals surface area contributed by atoms with Gasteiger partial charge in [0.1, 0.15) is 0 Å². The highest BCUT2D eigenvalue weighted by molar-refractivity contribution is 7.94. The first-order valence-corrected chi connectivity index (χ1v) is 9.03. The number of nitrogens with zero attached hydrogens (tertiary/aromatic N) is 2. The van der Waals surface area contributed by atoms with Crippen LogP contribution in [0.15, 0.2) is 28.6 Å². The normalized spacial score (nSPS) is 10.9. The maximum Gasteiger partial charge on any atom is 0.340 e. The molecular weight excluding hydrogens is 356 g/mol. The van der Waals surface area contributed by atoms with E-state index >= 15 is 0 Å². The lowest BCUT2D eigenvalue weighted by Crippen LogP contribution is -2.16. The molecule has 1 aromatic heterocycles. The number of hydrogen-bond donors (Lipinski definition) is 2. The molecule has 11 heteroatoms. The van der Waals surface area contributed by atoms with E-state index in [2.05, 4.69) is 20.2 Å². The van der Waals surface area contributed by atoms with Crippen LogP contribution in [0.2, 0.25) is 0 Å². The average molecular weight is 370 g/mol. The lowest BCUT2D eigenvalue weighted by atomic mass is 10.2. The molecule has 0 unspecified atom stereocenters. The van der Waals surface area contributed by atoms with Gasteiger partial charge in [-0.3, -0.25) is 9.52 Å². The highest BCUT2D eigenvalue weighted by Crippen LogP contribution is 2.24. The number of aromatic nitrogens is 2. The number of benzene rings is 1. The number of nitrogens with one attached hydrogen (secondary N) is 2. The van der Waals surface area contributed by atoms with Gasteiger partial charge in [-0.2, -0.15) is 8.42 Å². The van der Waals surface area contributed by atoms with Gasteiger partial charge in [-0.15, -0.1) is 10.2 Å². The molecule has 0 fully saturated rings. The van der Waals surface area contributed by atoms with Gasteiger partial charge in [0.15, 0.2) is 0 Å². The fraction of sp³-hybridized carbons (Fsp3) is 0.231. The SMILES string of the molecule is CCOC(=O)c1ccccc1NS(=O)(=O)c1nnc(NC(C)=O)s1. The Morgan fingerprint density at radius 1 is 1.25 bits per heavy atom. The number of sulfonamides is 1. The molecular formula is C13H14N4O5S2. The van der Waals surface area contributed by atoms with Crippen molar-refractivity contribution in [1.29, 1.82) is 0 Å². The van der Waals surface area contributed by atoms with E-state index in [1.807, 2.05) is 0 Å². The summed E-state index contributed by atoms with van der Waals surface area (Å²) in [6.07, 6.45) is 0. The maximum absolute atomic E-state index is 12.4. The number of ether oxygens (including phenoxy) is 1. The quantitative estimate of drug-likeness (QED) is 0.582. The van der Waals surface area contributed by atoms with Gasteiger partial charge in [0, 0.05) is 6.92 Å². The van der Waals surface area contributed by atoms with Crippen LogP contribution < -0.4 is 10.0 Å². The van der Waals surface area contributed by atoms with E-state index in [0.717, 1.165) is 0 Å². The summed E-state index contributed by atoms with van der Waals surface area (Å²) in [5.41, 5.74) is 0.141. The molecule has 2 rings (SSSR count). The van der Waals surface area contributed by atoms with Crippen molar-refractivity contribution in [3.8, 4) is 0 Å². The number of amides is 1. The third-order valence-electron chi connectivity index (χ3n) is 2.59. The minimum absolute atomic E-state index is 0.0570. The molecule has 1 aromatic carbocycles. The molecule has 1 amide bonds. The van der Waals surface area contributed by atoms with Crippen molar-refractivity contribution >= 4 is 44.1 Å². The molecule has 0 aliphatic heterocycles. The number of carbonyl (C=O) groups is 2. The van der Waals surface area contributed by atoms with Crippen LogP contribution in [-0.2, 0) is 19.6 Å². The van der Waals surface area contributed by atoms with Crippen LogP contribution in [0.5, 0.6) is 0 Å². The van der Waals surface area contributed by atoms with Crippen molar-refractivity contribution in [1.82, 2.24) is 10.2 Å². The van der Waals surface area contributed by atoms with E-state index in [4.69, 9.17) is 4.74 Å². The highest BCUT2D eigenvalue weighted by atomic mass is 32.2. The van der Waals surface area contributed by atoms with Crippen LogP contribution in [0.3, 0.4) is 0 Å². The molecule has 2 aromatic rings. The summed E-state index contributed by atoms with van der Waals surface area (Å²) in [5, 5.41) is 9.52. The molecule has 1 heterocycles. The van der Waals surface area contributed by atoms with Crippen LogP contribution in [0.4, 0.5) is 10.8 Å². The lowest BCUT2D eigenvalue weighted by Gasteiger charge is -2.10. The van der Waals surface area contributed by atoms with E-state index in [1.54, 1.807) is 19.1 Å². The van der Waals surface area contributed by atoms with Gasteiger partial charge in [-0.1, -0.05) is 23.5 Å². The van der Waals surface area contributed by atoms with Gasteiger partial charge in [-0.05, 0) is 19.1 Å². The number of hydrogen-bond acceptors (Lipinski definition) is 8. The first-order valence-electron chi connectivity index (χ1n) is 6.73. The van der Waals surface area contributed by atoms with Crippen molar-refractivity contribution in [2.75, 3.05) is 16.6 Å². The van der Waals surface area contributed by atoms with Gasteiger partial charge >= 0.3 is 5.97 Å². The van der Waals surface area contributed by atoms with Crippen LogP contribution in [0, 0.1) is 0 Å². The van der Waals surface area contributed by atoms with Gasteiger partial charge in [0.05, 0.1) is 17.9 Å². The van der Waals surface area contributed by atoms with E-state index in [9.17, 15) is 18.0 Å². The number of carbonyl (C=O) groups excluding carboxylic acids is 2. The second kappa shape index (κ2) is 7.36. The zero-order valence-electron chi connectivity index (χ0n) is 12.8. The molecule has 0 bridgehead atoms. The van der Waals surface area contributed by atoms with E-state index < -0.39 is 21.9 Å². The number of rotatable bonds is 6. The standard InChI is InChI=1S/C13H14N4O5S2/c1-3-22-11(19)9-6-4-5-7-10(9)17-24(20,21)13-16-15-12(23-13)14-8(2)18/h4-7,17H,3H2,1-2H3,(H,14,15,18). The van der Waals surface area contributed by atoms with E-state index in [-0.39, 0.29) is 27.3 Å². The molecule has 0 radical (unpaired) electrons. The Balaban J connectivity index is 2.28. The Morgan fingerprint density at radius 2 is 1.96 bits per heavy atom. The summed E-state index contributed by atoms with van der Waals surface area (Å²) in [6, 6.07) is 6.03. The molecule has 2 N–H and O–H groups in total. The van der Waals surface area contributed by atoms with Crippen LogP contribution in [0.25, 0.3) is 0 Å². The fourth-order valence-corrected chi connectivity index (χ4v) is 3.69. The Hall–Kier alpha value is -2.53. The van der Waals surface area contributed by atoms with Crippen LogP contribution in [-0.4, -0.2) is 37.1 Å². The molecule has 0 saturated carbocycles. The number of anilines is 2. The molecule has 0 atom stereocenters. The summed E-state index contributed by atoms with van der Waals surface area (Å²) < 4.78 is 31.6. The van der Waals surface area contributed by atoms with Crippen molar-refractivity contribution in [3.63, 3.8) is 0 Å². The summed E-state index contributed by atoms with van der Waals surface area (Å²) in [5.74, 6) is -1.04. The van der Waals surface area contributed by atoms with Crippen molar-refractivity contribution in [2.24, 2.45) is 0 Å². The summed E-state index contributed by atoms with van der Waals surface area (Å²) in [6.45, 7) is 3.08. The molecule has 0 aliphatic rings. The van der Waals surface area contributed by atoms with E-state index in [1.165, 1.54) is 19.1 Å². The largest absolute Gasteiger partial charge is 0.462 e. The maximum atomic E-state index is 12.4. The van der Waals surface area contributed by atoms with Gasteiger partial charge in [-0.25, -0.2) is 4.79 Å². The zero-order chi connectivity index (χ0) is 17.7. The number of esters is 1. The molecule has 0 aliphatic carbocycles. The highest BCUT2D eigenvalue weighted by Gasteiger charge is 2.23. The Labute approximate surface area is 142 Å². The Bertz CT molecular complexity index is 863. The molecule has 0 saturated heterocycles. The van der Waals surface area contributed by atoms with Crippen molar-refractivity contribution in [2.45, 2.75) is 18.2 Å². The summed E-state index contributed by atoms with van der Waals surface area (Å²) in [4.78, 5) is 22.8. The smallest absolute Gasteiger partial charge is 0.340 e. The van der Waals surface area contributed by atoms with E-state index in [0.29, 0.717) is 11.3 Å². The van der Waals surface area contributed by atoms with Crippen molar-refractivity contribution in [3.05, 3.63) is 29.8 Å². The average Bonchev–Trinajstić information content (AvgIpc) is 2.96. The van der Waals surface area contributed by atoms with Gasteiger partial charge < -0.3 is 10.1 Å². The van der Waals surface area contributed by atoms with Gasteiger partial charge in [0.2, 0.25) is 11.0 Å². The second-order valence-electron chi connectivity index (χ2n) is 4.43. The minimum atomic E-state index is -4.06. The minimum Gasteiger partial charge on any atom is -0.462 e. The Kier molecular flexibility index (Phi) is 5.46. The zero-order valence-corrected chi connectivity index (χ0v) is 14.4. The summed E-state index contributed by atoms with van der Waals surface area (Å²) >= 11 is 0.691. The monoisotopic (exact) mass is 370 g/mol. The summed E-state index contributed by atoms with van der Waals surface area (Å²) in [7, 11) is -4.06. The molecule has 128 valence electrons. The third-order valence-corrected chi connectivity index (χ3v) is 5.16.